The smallest absolute Gasteiger partial charge is 0.323 e. The van der Waals surface area contributed by atoms with Crippen molar-refractivity contribution < 1.29 is 14.3 Å². The molecule has 1 atom stereocenters. The third-order valence-electron chi connectivity index (χ3n) is 4.09. The molecule has 0 spiro atoms. The highest BCUT2D eigenvalue weighted by Gasteiger charge is 2.15. The van der Waals surface area contributed by atoms with Crippen LogP contribution in [0.1, 0.15) is 12.5 Å². The van der Waals surface area contributed by atoms with Crippen molar-refractivity contribution in [1.29, 1.82) is 0 Å². The number of ether oxygens (including phenoxy) is 1. The summed E-state index contributed by atoms with van der Waals surface area (Å²) in [7, 11) is 0. The molecule has 0 fully saturated rings. The molecule has 0 aliphatic heterocycles. The van der Waals surface area contributed by atoms with Gasteiger partial charge in [-0.15, -0.1) is 0 Å². The predicted octanol–water partition coefficient (Wildman–Crippen LogP) is 5.05. The van der Waals surface area contributed by atoms with Crippen molar-refractivity contribution in [3.05, 3.63) is 84.4 Å². The molecule has 3 N–H and O–H groups in total. The van der Waals surface area contributed by atoms with Gasteiger partial charge in [-0.3, -0.25) is 4.79 Å². The molecule has 3 rings (SSSR count). The van der Waals surface area contributed by atoms with E-state index in [4.69, 9.17) is 4.74 Å². The molecule has 29 heavy (non-hydrogen) atoms. The first-order valence-corrected chi connectivity index (χ1v) is 9.27. The van der Waals surface area contributed by atoms with Gasteiger partial charge in [0.15, 0.2) is 6.10 Å². The third kappa shape index (κ3) is 6.10. The van der Waals surface area contributed by atoms with Gasteiger partial charge < -0.3 is 20.7 Å². The summed E-state index contributed by atoms with van der Waals surface area (Å²) in [4.78, 5) is 24.6. The van der Waals surface area contributed by atoms with Crippen molar-refractivity contribution in [1.82, 2.24) is 0 Å². The van der Waals surface area contributed by atoms with Crippen molar-refractivity contribution in [2.45, 2.75) is 20.0 Å². The highest BCUT2D eigenvalue weighted by atomic mass is 16.5. The summed E-state index contributed by atoms with van der Waals surface area (Å²) in [5, 5.41) is 8.29. The van der Waals surface area contributed by atoms with Crippen LogP contribution in [-0.2, 0) is 4.79 Å². The van der Waals surface area contributed by atoms with Crippen LogP contribution in [0.15, 0.2) is 78.9 Å². The molecule has 0 radical (unpaired) electrons. The van der Waals surface area contributed by atoms with Crippen LogP contribution < -0.4 is 20.7 Å². The van der Waals surface area contributed by atoms with Gasteiger partial charge in [0, 0.05) is 17.1 Å². The summed E-state index contributed by atoms with van der Waals surface area (Å²) < 4.78 is 5.70. The van der Waals surface area contributed by atoms with Crippen molar-refractivity contribution >= 4 is 29.0 Å². The molecule has 3 aromatic rings. The Morgan fingerprint density at radius 3 is 2.10 bits per heavy atom. The molecule has 0 heterocycles. The lowest BCUT2D eigenvalue weighted by atomic mass is 10.2. The summed E-state index contributed by atoms with van der Waals surface area (Å²) in [6.45, 7) is 3.65. The zero-order valence-corrected chi connectivity index (χ0v) is 16.3. The van der Waals surface area contributed by atoms with E-state index < -0.39 is 6.10 Å². The number of para-hydroxylation sites is 1. The Morgan fingerprint density at radius 1 is 0.759 bits per heavy atom. The van der Waals surface area contributed by atoms with Crippen LogP contribution in [0.2, 0.25) is 0 Å². The number of benzene rings is 3. The van der Waals surface area contributed by atoms with Crippen LogP contribution in [0.3, 0.4) is 0 Å². The number of hydrogen-bond donors (Lipinski definition) is 3. The van der Waals surface area contributed by atoms with Crippen molar-refractivity contribution in [2.24, 2.45) is 0 Å². The van der Waals surface area contributed by atoms with Crippen molar-refractivity contribution in [3.63, 3.8) is 0 Å². The molecule has 3 amide bonds. The van der Waals surface area contributed by atoms with Gasteiger partial charge in [-0.1, -0.05) is 36.4 Å². The minimum absolute atomic E-state index is 0.280. The van der Waals surface area contributed by atoms with Crippen LogP contribution >= 0.6 is 0 Å². The van der Waals surface area contributed by atoms with Gasteiger partial charge in [-0.05, 0) is 61.9 Å². The second kappa shape index (κ2) is 9.41. The fraction of sp³-hybridized carbons (Fsp3) is 0.130. The Kier molecular flexibility index (Phi) is 6.47. The number of carbonyl (C=O) groups is 2. The van der Waals surface area contributed by atoms with Crippen molar-refractivity contribution in [3.8, 4) is 5.75 Å². The fourth-order valence-electron chi connectivity index (χ4n) is 2.68. The number of hydrogen-bond acceptors (Lipinski definition) is 3. The molecular formula is C23H23N3O3. The second-order valence-electron chi connectivity index (χ2n) is 6.59. The van der Waals surface area contributed by atoms with E-state index in [1.807, 2.05) is 49.4 Å². The lowest BCUT2D eigenvalue weighted by Gasteiger charge is -2.15. The number of amides is 3. The van der Waals surface area contributed by atoms with Gasteiger partial charge in [-0.25, -0.2) is 4.79 Å². The molecule has 0 saturated carbocycles. The zero-order valence-electron chi connectivity index (χ0n) is 16.3. The molecule has 0 bridgehead atoms. The molecule has 6 nitrogen and oxygen atoms in total. The molecule has 148 valence electrons. The van der Waals surface area contributed by atoms with Gasteiger partial charge in [-0.2, -0.15) is 0 Å². The predicted molar refractivity (Wildman–Crippen MR) is 115 cm³/mol. The lowest BCUT2D eigenvalue weighted by molar-refractivity contribution is -0.122. The van der Waals surface area contributed by atoms with Gasteiger partial charge in [0.2, 0.25) is 0 Å². The van der Waals surface area contributed by atoms with E-state index in [1.54, 1.807) is 43.3 Å². The number of urea groups is 1. The fourth-order valence-corrected chi connectivity index (χ4v) is 2.68. The highest BCUT2D eigenvalue weighted by Crippen LogP contribution is 2.18. The van der Waals surface area contributed by atoms with Crippen LogP contribution in [0.4, 0.5) is 21.9 Å². The van der Waals surface area contributed by atoms with E-state index in [1.165, 1.54) is 0 Å². The standard InChI is InChI=1S/C23H23N3O3/c1-16-8-6-13-21(14-16)29-17(2)22(27)24-19-11-7-12-20(15-19)26-23(28)25-18-9-4-3-5-10-18/h3-15,17H,1-2H3,(H,24,27)(H2,25,26,28)/t17-/m1/s1. The zero-order chi connectivity index (χ0) is 20.6. The van der Waals surface area contributed by atoms with Crippen LogP contribution in [0.5, 0.6) is 5.75 Å². The van der Waals surface area contributed by atoms with Gasteiger partial charge in [0.05, 0.1) is 0 Å². The maximum Gasteiger partial charge on any atom is 0.323 e. The molecule has 0 aromatic heterocycles. The van der Waals surface area contributed by atoms with Crippen LogP contribution in [-0.4, -0.2) is 18.0 Å². The van der Waals surface area contributed by atoms with E-state index in [2.05, 4.69) is 16.0 Å². The molecule has 0 aliphatic carbocycles. The number of aryl methyl sites for hydroxylation is 1. The minimum atomic E-state index is -0.671. The Bertz CT molecular complexity index is 989. The molecule has 6 heteroatoms. The number of anilines is 3. The van der Waals surface area contributed by atoms with Crippen LogP contribution in [0, 0.1) is 6.92 Å². The summed E-state index contributed by atoms with van der Waals surface area (Å²) in [5.41, 5.74) is 2.87. The Balaban J connectivity index is 1.57. The van der Waals surface area contributed by atoms with Gasteiger partial charge >= 0.3 is 6.03 Å². The van der Waals surface area contributed by atoms with E-state index in [0.717, 1.165) is 5.56 Å². The summed E-state index contributed by atoms with van der Waals surface area (Å²) >= 11 is 0. The normalized spacial score (nSPS) is 11.2. The first kappa shape index (κ1) is 19.9. The molecule has 0 saturated heterocycles. The van der Waals surface area contributed by atoms with Gasteiger partial charge in [0.25, 0.3) is 5.91 Å². The largest absolute Gasteiger partial charge is 0.481 e. The highest BCUT2D eigenvalue weighted by molar-refractivity contribution is 6.00. The first-order valence-electron chi connectivity index (χ1n) is 9.27. The topological polar surface area (TPSA) is 79.5 Å². The molecular weight excluding hydrogens is 366 g/mol. The second-order valence-corrected chi connectivity index (χ2v) is 6.59. The summed E-state index contributed by atoms with van der Waals surface area (Å²) in [6.07, 6.45) is -0.671. The minimum Gasteiger partial charge on any atom is -0.481 e. The quantitative estimate of drug-likeness (QED) is 0.552. The number of rotatable bonds is 6. The first-order chi connectivity index (χ1) is 14.0. The SMILES string of the molecule is Cc1cccc(O[C@H](C)C(=O)Nc2cccc(NC(=O)Nc3ccccc3)c2)c1. The summed E-state index contributed by atoms with van der Waals surface area (Å²) in [6, 6.07) is 23.2. The molecule has 3 aromatic carbocycles. The van der Waals surface area contributed by atoms with E-state index in [0.29, 0.717) is 22.8 Å². The molecule has 0 unspecified atom stereocenters. The Labute approximate surface area is 169 Å². The summed E-state index contributed by atoms with van der Waals surface area (Å²) in [5.74, 6) is 0.359. The average molecular weight is 389 g/mol. The lowest BCUT2D eigenvalue weighted by Crippen LogP contribution is -2.30. The van der Waals surface area contributed by atoms with Crippen LogP contribution in [0.25, 0.3) is 0 Å². The Morgan fingerprint density at radius 2 is 1.38 bits per heavy atom. The van der Waals surface area contributed by atoms with E-state index >= 15 is 0 Å². The van der Waals surface area contributed by atoms with E-state index in [-0.39, 0.29) is 11.9 Å². The van der Waals surface area contributed by atoms with E-state index in [9.17, 15) is 9.59 Å². The maximum atomic E-state index is 12.4. The Hall–Kier alpha value is -3.80. The maximum absolute atomic E-state index is 12.4. The van der Waals surface area contributed by atoms with Crippen molar-refractivity contribution in [2.75, 3.05) is 16.0 Å². The molecule has 0 aliphatic rings. The number of carbonyl (C=O) groups excluding carboxylic acids is 2. The number of nitrogens with one attached hydrogen (secondary N) is 3. The van der Waals surface area contributed by atoms with Gasteiger partial charge in [0.1, 0.15) is 5.75 Å². The average Bonchev–Trinajstić information content (AvgIpc) is 2.69. The third-order valence-corrected chi connectivity index (χ3v) is 4.09. The monoisotopic (exact) mass is 389 g/mol.